The summed E-state index contributed by atoms with van der Waals surface area (Å²) in [5.41, 5.74) is -5.85. The first kappa shape index (κ1) is 19.6. The van der Waals surface area contributed by atoms with Gasteiger partial charge >= 0.3 is 11.9 Å². The summed E-state index contributed by atoms with van der Waals surface area (Å²) in [7, 11) is 1.73. The Morgan fingerprint density at radius 3 is 0.818 bits per heavy atom. The van der Waals surface area contributed by atoms with E-state index in [1.54, 1.807) is 0 Å². The highest BCUT2D eigenvalue weighted by molar-refractivity contribution is 6.36. The summed E-state index contributed by atoms with van der Waals surface area (Å²) >= 11 is 0. The van der Waals surface area contributed by atoms with Crippen LogP contribution in [0, 0.1) is 10.8 Å². The Bertz CT molecular complexity index is 479. The molecule has 0 aliphatic rings. The maximum absolute atomic E-state index is 12.2. The highest BCUT2D eigenvalue weighted by Gasteiger charge is 2.74. The maximum Gasteiger partial charge on any atom is 0.329 e. The van der Waals surface area contributed by atoms with E-state index in [2.05, 4.69) is 9.47 Å². The van der Waals surface area contributed by atoms with Crippen LogP contribution in [0.3, 0.4) is 0 Å². The fourth-order valence-electron chi connectivity index (χ4n) is 2.74. The Morgan fingerprint density at radius 1 is 0.545 bits per heavy atom. The summed E-state index contributed by atoms with van der Waals surface area (Å²) < 4.78 is 8.89. The third-order valence-electron chi connectivity index (χ3n) is 3.66. The van der Waals surface area contributed by atoms with Crippen LogP contribution in [0.2, 0.25) is 0 Å². The zero-order chi connectivity index (χ0) is 17.9. The summed E-state index contributed by atoms with van der Waals surface area (Å²) in [4.78, 5) is 73.0. The van der Waals surface area contributed by atoms with E-state index in [0.29, 0.717) is 0 Å². The quantitative estimate of drug-likeness (QED) is 0.462. The second-order valence-electron chi connectivity index (χ2n) is 4.71. The Labute approximate surface area is 127 Å². The number of ether oxygens (including phenoxy) is 2. The molecule has 0 amide bonds. The molecule has 0 fully saturated rings. The Morgan fingerprint density at radius 2 is 0.727 bits per heavy atom. The molecule has 0 saturated heterocycles. The van der Waals surface area contributed by atoms with Gasteiger partial charge in [0.2, 0.25) is 10.8 Å². The zero-order valence-electron chi connectivity index (χ0n) is 13.3. The van der Waals surface area contributed by atoms with Crippen molar-refractivity contribution >= 4 is 35.1 Å². The van der Waals surface area contributed by atoms with Crippen LogP contribution in [0.5, 0.6) is 0 Å². The molecular weight excluding hydrogens is 296 g/mol. The van der Waals surface area contributed by atoms with Gasteiger partial charge in [-0.1, -0.05) is 0 Å². The molecule has 0 saturated carbocycles. The van der Waals surface area contributed by atoms with E-state index in [9.17, 15) is 28.8 Å². The highest BCUT2D eigenvalue weighted by Crippen LogP contribution is 2.45. The summed E-state index contributed by atoms with van der Waals surface area (Å²) in [6, 6.07) is 0. The van der Waals surface area contributed by atoms with E-state index in [4.69, 9.17) is 0 Å². The summed E-state index contributed by atoms with van der Waals surface area (Å²) in [6.07, 6.45) is 0. The molecule has 0 aromatic rings. The molecule has 0 heterocycles. The van der Waals surface area contributed by atoms with Gasteiger partial charge in [0.25, 0.3) is 0 Å². The molecule has 0 radical (unpaired) electrons. The average molecular weight is 314 g/mol. The molecule has 0 bridgehead atoms. The third kappa shape index (κ3) is 2.24. The van der Waals surface area contributed by atoms with E-state index < -0.39 is 45.9 Å². The Hall–Kier alpha value is -2.38. The van der Waals surface area contributed by atoms with Gasteiger partial charge in [0, 0.05) is 0 Å². The normalized spacial score (nSPS) is 11.4. The van der Waals surface area contributed by atoms with Crippen LogP contribution >= 0.6 is 0 Å². The molecule has 0 atom stereocenters. The molecule has 0 unspecified atom stereocenters. The predicted molar refractivity (Wildman–Crippen MR) is 71.6 cm³/mol. The molecule has 0 N–H and O–H groups in total. The van der Waals surface area contributed by atoms with Crippen LogP contribution < -0.4 is 0 Å². The monoisotopic (exact) mass is 314 g/mol. The topological polar surface area (TPSA) is 121 Å². The third-order valence-corrected chi connectivity index (χ3v) is 3.66. The Balaban J connectivity index is 7.25. The van der Waals surface area contributed by atoms with Crippen molar-refractivity contribution in [2.24, 2.45) is 10.8 Å². The van der Waals surface area contributed by atoms with Gasteiger partial charge in [-0.15, -0.1) is 0 Å². The van der Waals surface area contributed by atoms with Crippen molar-refractivity contribution in [3.63, 3.8) is 0 Å². The Kier molecular flexibility index (Phi) is 5.88. The minimum atomic E-state index is -2.92. The average Bonchev–Trinajstić information content (AvgIpc) is 2.40. The van der Waals surface area contributed by atoms with Crippen molar-refractivity contribution < 1.29 is 38.2 Å². The molecule has 8 heteroatoms. The van der Waals surface area contributed by atoms with Gasteiger partial charge < -0.3 is 9.47 Å². The molecule has 0 spiro atoms. The first-order valence-corrected chi connectivity index (χ1v) is 6.20. The largest absolute Gasteiger partial charge is 0.468 e. The van der Waals surface area contributed by atoms with E-state index in [1.807, 2.05) is 0 Å². The van der Waals surface area contributed by atoms with Crippen LogP contribution in [0.15, 0.2) is 0 Å². The predicted octanol–water partition coefficient (Wildman–Crippen LogP) is -0.339. The SMILES string of the molecule is COC(=O)C(C(C)=O)(C(C)=O)C(C(C)=O)(C(C)=O)C(=O)OC. The lowest BCUT2D eigenvalue weighted by molar-refractivity contribution is -0.187. The lowest BCUT2D eigenvalue weighted by atomic mass is 9.55. The second-order valence-corrected chi connectivity index (χ2v) is 4.71. The number of ketones is 4. The number of methoxy groups -OCH3 is 2. The minimum absolute atomic E-state index is 0.821. The van der Waals surface area contributed by atoms with Crippen LogP contribution in [-0.4, -0.2) is 49.3 Å². The van der Waals surface area contributed by atoms with Gasteiger partial charge in [0.15, 0.2) is 23.1 Å². The molecule has 0 aromatic heterocycles. The van der Waals surface area contributed by atoms with Gasteiger partial charge in [-0.05, 0) is 27.7 Å². The van der Waals surface area contributed by atoms with Crippen molar-refractivity contribution in [2.45, 2.75) is 27.7 Å². The number of rotatable bonds is 7. The number of hydrogen-bond acceptors (Lipinski definition) is 8. The van der Waals surface area contributed by atoms with Gasteiger partial charge in [-0.2, -0.15) is 0 Å². The molecule has 0 aromatic carbocycles. The summed E-state index contributed by atoms with van der Waals surface area (Å²) in [5, 5.41) is 0. The van der Waals surface area contributed by atoms with E-state index >= 15 is 0 Å². The number of esters is 2. The van der Waals surface area contributed by atoms with Crippen LogP contribution in [0.25, 0.3) is 0 Å². The summed E-state index contributed by atoms with van der Waals surface area (Å²) in [6.45, 7) is 3.29. The molecule has 22 heavy (non-hydrogen) atoms. The molecule has 0 aliphatic heterocycles. The highest BCUT2D eigenvalue weighted by atomic mass is 16.5. The van der Waals surface area contributed by atoms with Crippen molar-refractivity contribution in [3.05, 3.63) is 0 Å². The van der Waals surface area contributed by atoms with Gasteiger partial charge in [0.05, 0.1) is 14.2 Å². The first-order valence-electron chi connectivity index (χ1n) is 6.20. The van der Waals surface area contributed by atoms with Crippen molar-refractivity contribution in [1.29, 1.82) is 0 Å². The molecule has 8 nitrogen and oxygen atoms in total. The van der Waals surface area contributed by atoms with Crippen LogP contribution in [0.1, 0.15) is 27.7 Å². The smallest absolute Gasteiger partial charge is 0.329 e. The van der Waals surface area contributed by atoms with Gasteiger partial charge in [-0.3, -0.25) is 28.8 Å². The second kappa shape index (κ2) is 6.59. The van der Waals surface area contributed by atoms with E-state index in [1.165, 1.54) is 0 Å². The van der Waals surface area contributed by atoms with Crippen molar-refractivity contribution in [2.75, 3.05) is 14.2 Å². The lowest BCUT2D eigenvalue weighted by Crippen LogP contribution is -2.67. The van der Waals surface area contributed by atoms with Crippen molar-refractivity contribution in [3.8, 4) is 0 Å². The van der Waals surface area contributed by atoms with Crippen LogP contribution in [0.4, 0.5) is 0 Å². The molecular formula is C14H18O8. The number of hydrogen-bond donors (Lipinski definition) is 0. The van der Waals surface area contributed by atoms with Gasteiger partial charge in [-0.25, -0.2) is 0 Å². The molecule has 0 aliphatic carbocycles. The fourth-order valence-corrected chi connectivity index (χ4v) is 2.74. The van der Waals surface area contributed by atoms with Gasteiger partial charge in [0.1, 0.15) is 0 Å². The van der Waals surface area contributed by atoms with Crippen molar-refractivity contribution in [1.82, 2.24) is 0 Å². The molecule has 0 rings (SSSR count). The lowest BCUT2D eigenvalue weighted by Gasteiger charge is -2.39. The van der Waals surface area contributed by atoms with E-state index in [-0.39, 0.29) is 0 Å². The zero-order valence-corrected chi connectivity index (χ0v) is 13.3. The molecule has 122 valence electrons. The fraction of sp³-hybridized carbons (Fsp3) is 0.571. The number of Topliss-reactive ketones (excluding diaryl/α,β-unsaturated/α-hetero) is 4. The summed E-state index contributed by atoms with van der Waals surface area (Å²) in [5.74, 6) is -7.60. The van der Waals surface area contributed by atoms with Crippen LogP contribution in [-0.2, 0) is 38.2 Å². The number of carbonyl (C=O) groups is 6. The number of carbonyl (C=O) groups excluding carboxylic acids is 6. The van der Waals surface area contributed by atoms with E-state index in [0.717, 1.165) is 41.9 Å². The minimum Gasteiger partial charge on any atom is -0.468 e. The standard InChI is InChI=1S/C14H18O8/c1-7(15)13(8(2)16,11(19)21-5)14(9(3)17,10(4)18)12(20)22-6/h1-6H3. The first-order chi connectivity index (χ1) is 9.99. The maximum atomic E-state index is 12.2.